The second kappa shape index (κ2) is 8.96. The van der Waals surface area contributed by atoms with Gasteiger partial charge in [0.15, 0.2) is 0 Å². The molecule has 0 N–H and O–H groups in total. The summed E-state index contributed by atoms with van der Waals surface area (Å²) < 4.78 is 0. The van der Waals surface area contributed by atoms with Gasteiger partial charge in [-0.2, -0.15) is 0 Å². The number of carbonyl (C=O) groups excluding carboxylic acids is 1. The summed E-state index contributed by atoms with van der Waals surface area (Å²) in [6.07, 6.45) is 2.18. The zero-order valence-electron chi connectivity index (χ0n) is 18.3. The molecule has 1 unspecified atom stereocenters. The lowest BCUT2D eigenvalue weighted by atomic mass is 9.99. The van der Waals surface area contributed by atoms with Crippen LogP contribution in [0.4, 0.5) is 17.1 Å². The fourth-order valence-corrected chi connectivity index (χ4v) is 4.65. The van der Waals surface area contributed by atoms with E-state index in [0.717, 1.165) is 39.0 Å². The lowest BCUT2D eigenvalue weighted by molar-refractivity contribution is -0.384. The maximum Gasteiger partial charge on any atom is 0.293 e. The van der Waals surface area contributed by atoms with Crippen molar-refractivity contribution in [1.29, 1.82) is 0 Å². The van der Waals surface area contributed by atoms with Crippen LogP contribution >= 0.6 is 0 Å². The Kier molecular flexibility index (Phi) is 6.11. The molecule has 0 aliphatic carbocycles. The summed E-state index contributed by atoms with van der Waals surface area (Å²) in [7, 11) is 0. The summed E-state index contributed by atoms with van der Waals surface area (Å²) >= 11 is 0. The largest absolute Gasteiger partial charge is 0.368 e. The number of piperazine rings is 1. The molecular weight excluding hydrogens is 392 g/mol. The van der Waals surface area contributed by atoms with E-state index in [2.05, 4.69) is 41.8 Å². The number of hydrogen-bond acceptors (Lipinski definition) is 5. The van der Waals surface area contributed by atoms with Crippen LogP contribution in [0.3, 0.4) is 0 Å². The number of amides is 1. The monoisotopic (exact) mass is 422 g/mol. The zero-order valence-corrected chi connectivity index (χ0v) is 18.3. The van der Waals surface area contributed by atoms with Crippen LogP contribution in [0, 0.1) is 23.0 Å². The fourth-order valence-electron chi connectivity index (χ4n) is 4.65. The van der Waals surface area contributed by atoms with Crippen molar-refractivity contribution < 1.29 is 9.72 Å². The van der Waals surface area contributed by atoms with Gasteiger partial charge in [-0.1, -0.05) is 19.1 Å². The molecule has 2 aliphatic heterocycles. The van der Waals surface area contributed by atoms with Crippen LogP contribution in [-0.4, -0.2) is 55.0 Å². The molecule has 0 saturated carbocycles. The number of hydrogen-bond donors (Lipinski definition) is 0. The first-order valence-electron chi connectivity index (χ1n) is 11.1. The normalized spacial score (nSPS) is 19.4. The summed E-state index contributed by atoms with van der Waals surface area (Å²) in [6, 6.07) is 13.3. The van der Waals surface area contributed by atoms with Crippen molar-refractivity contribution in [3.05, 3.63) is 63.7 Å². The lowest BCUT2D eigenvalue weighted by Gasteiger charge is -2.36. The van der Waals surface area contributed by atoms with Crippen molar-refractivity contribution in [1.82, 2.24) is 4.90 Å². The van der Waals surface area contributed by atoms with Crippen LogP contribution in [0.5, 0.6) is 0 Å². The molecule has 0 radical (unpaired) electrons. The minimum atomic E-state index is -0.360. The average molecular weight is 423 g/mol. The highest BCUT2D eigenvalue weighted by molar-refractivity contribution is 5.96. The molecule has 2 aliphatic rings. The van der Waals surface area contributed by atoms with E-state index in [1.54, 1.807) is 17.0 Å². The first-order valence-corrected chi connectivity index (χ1v) is 11.1. The van der Waals surface area contributed by atoms with E-state index in [1.165, 1.54) is 17.3 Å². The maximum absolute atomic E-state index is 13.1. The number of benzene rings is 2. The summed E-state index contributed by atoms with van der Waals surface area (Å²) in [5.41, 5.74) is 3.43. The van der Waals surface area contributed by atoms with Crippen molar-refractivity contribution in [3.8, 4) is 0 Å². The Morgan fingerprint density at radius 2 is 1.81 bits per heavy atom. The molecule has 2 aromatic rings. The lowest BCUT2D eigenvalue weighted by Crippen LogP contribution is -2.48. The molecule has 31 heavy (non-hydrogen) atoms. The number of carbonyl (C=O) groups is 1. The van der Waals surface area contributed by atoms with E-state index in [0.29, 0.717) is 30.3 Å². The predicted molar refractivity (Wildman–Crippen MR) is 123 cm³/mol. The maximum atomic E-state index is 13.1. The topological polar surface area (TPSA) is 69.9 Å². The minimum absolute atomic E-state index is 0.0262. The van der Waals surface area contributed by atoms with Crippen LogP contribution in [-0.2, 0) is 0 Å². The van der Waals surface area contributed by atoms with Gasteiger partial charge in [-0.05, 0) is 55.5 Å². The molecular formula is C24H30N4O3. The molecule has 4 rings (SSSR count). The molecule has 7 heteroatoms. The number of nitro benzene ring substituents is 1. The van der Waals surface area contributed by atoms with Crippen molar-refractivity contribution in [3.63, 3.8) is 0 Å². The number of nitrogens with zero attached hydrogens (tertiary/aromatic N) is 4. The number of nitro groups is 1. The minimum Gasteiger partial charge on any atom is -0.368 e. The van der Waals surface area contributed by atoms with Crippen LogP contribution < -0.4 is 9.80 Å². The summed E-state index contributed by atoms with van der Waals surface area (Å²) in [5.74, 6) is 0.380. The Labute approximate surface area is 183 Å². The van der Waals surface area contributed by atoms with Crippen molar-refractivity contribution in [2.75, 3.05) is 49.1 Å². The van der Waals surface area contributed by atoms with Crippen LogP contribution in [0.25, 0.3) is 0 Å². The first-order chi connectivity index (χ1) is 14.9. The molecule has 0 aromatic heterocycles. The van der Waals surface area contributed by atoms with Gasteiger partial charge in [0.05, 0.1) is 4.92 Å². The van der Waals surface area contributed by atoms with E-state index in [-0.39, 0.29) is 16.5 Å². The first kappa shape index (κ1) is 21.2. The Morgan fingerprint density at radius 3 is 2.48 bits per heavy atom. The Hall–Kier alpha value is -3.09. The third-order valence-electron chi connectivity index (χ3n) is 6.35. The van der Waals surface area contributed by atoms with Crippen LogP contribution in [0.1, 0.15) is 35.7 Å². The van der Waals surface area contributed by atoms with Crippen molar-refractivity contribution in [2.24, 2.45) is 5.92 Å². The van der Waals surface area contributed by atoms with Gasteiger partial charge in [-0.15, -0.1) is 0 Å². The van der Waals surface area contributed by atoms with E-state index >= 15 is 0 Å². The molecule has 0 bridgehead atoms. The van der Waals surface area contributed by atoms with Gasteiger partial charge in [0.1, 0.15) is 5.69 Å². The molecule has 2 aromatic carbocycles. The molecule has 164 valence electrons. The number of anilines is 2. The highest BCUT2D eigenvalue weighted by Crippen LogP contribution is 2.33. The second-order valence-corrected chi connectivity index (χ2v) is 8.77. The number of aryl methyl sites for hydroxylation is 1. The van der Waals surface area contributed by atoms with Crippen LogP contribution in [0.15, 0.2) is 42.5 Å². The number of rotatable bonds is 4. The summed E-state index contributed by atoms with van der Waals surface area (Å²) in [4.78, 5) is 30.7. The molecule has 2 saturated heterocycles. The Morgan fingerprint density at radius 1 is 1.03 bits per heavy atom. The zero-order chi connectivity index (χ0) is 22.0. The highest BCUT2D eigenvalue weighted by Gasteiger charge is 2.27. The van der Waals surface area contributed by atoms with E-state index in [1.807, 2.05) is 6.07 Å². The standard InChI is InChI=1S/C24H30N4O3/c1-18-5-3-7-21(15-18)25-11-13-26(14-12-25)24(29)20-8-9-22(23(16-20)28(30)31)27-10-4-6-19(2)17-27/h3,5,7-9,15-16,19H,4,6,10-14,17H2,1-2H3. The highest BCUT2D eigenvalue weighted by atomic mass is 16.6. The third kappa shape index (κ3) is 4.65. The Bertz CT molecular complexity index is 969. The molecule has 7 nitrogen and oxygen atoms in total. The molecule has 1 amide bonds. The quantitative estimate of drug-likeness (QED) is 0.548. The summed E-state index contributed by atoms with van der Waals surface area (Å²) in [5, 5.41) is 11.8. The average Bonchev–Trinajstić information content (AvgIpc) is 2.78. The number of piperidine rings is 1. The molecule has 0 spiro atoms. The van der Waals surface area contributed by atoms with Crippen molar-refractivity contribution in [2.45, 2.75) is 26.7 Å². The summed E-state index contributed by atoms with van der Waals surface area (Å²) in [6.45, 7) is 8.59. The third-order valence-corrected chi connectivity index (χ3v) is 6.35. The predicted octanol–water partition coefficient (Wildman–Crippen LogP) is 4.10. The smallest absolute Gasteiger partial charge is 0.293 e. The van der Waals surface area contributed by atoms with Gasteiger partial charge >= 0.3 is 0 Å². The van der Waals surface area contributed by atoms with Gasteiger partial charge in [0.2, 0.25) is 0 Å². The van der Waals surface area contributed by atoms with Gasteiger partial charge in [-0.3, -0.25) is 14.9 Å². The molecule has 2 heterocycles. The van der Waals surface area contributed by atoms with Gasteiger partial charge in [0.25, 0.3) is 11.6 Å². The second-order valence-electron chi connectivity index (χ2n) is 8.77. The van der Waals surface area contributed by atoms with Crippen LogP contribution in [0.2, 0.25) is 0 Å². The fraction of sp³-hybridized carbons (Fsp3) is 0.458. The van der Waals surface area contributed by atoms with E-state index in [4.69, 9.17) is 0 Å². The Balaban J connectivity index is 1.47. The molecule has 1 atom stereocenters. The van der Waals surface area contributed by atoms with Gasteiger partial charge in [0, 0.05) is 56.6 Å². The molecule has 2 fully saturated rings. The van der Waals surface area contributed by atoms with Crippen molar-refractivity contribution >= 4 is 23.0 Å². The van der Waals surface area contributed by atoms with E-state index in [9.17, 15) is 14.9 Å². The van der Waals surface area contributed by atoms with Gasteiger partial charge < -0.3 is 14.7 Å². The van der Waals surface area contributed by atoms with E-state index < -0.39 is 0 Å². The van der Waals surface area contributed by atoms with Gasteiger partial charge in [-0.25, -0.2) is 0 Å². The SMILES string of the molecule is Cc1cccc(N2CCN(C(=O)c3ccc(N4CCCC(C)C4)c([N+](=O)[O-])c3)CC2)c1.